The number of ether oxygens (including phenoxy) is 1. The molecular formula is C12H14ClNO. The fraction of sp³-hybridized carbons (Fsp3) is 0.250. The molecule has 1 aromatic heterocycles. The molecule has 0 radical (unpaired) electrons. The quantitative estimate of drug-likeness (QED) is 0.731. The van der Waals surface area contributed by atoms with Gasteiger partial charge in [-0.2, -0.15) is 0 Å². The molecule has 2 nitrogen and oxygen atoms in total. The molecule has 0 N–H and O–H groups in total. The van der Waals surface area contributed by atoms with E-state index in [9.17, 15) is 0 Å². The third-order valence-corrected chi connectivity index (χ3v) is 2.12. The van der Waals surface area contributed by atoms with Gasteiger partial charge >= 0.3 is 0 Å². The van der Waals surface area contributed by atoms with E-state index in [2.05, 4.69) is 4.98 Å². The number of methoxy groups -OCH3 is 1. The first-order valence-electron chi connectivity index (χ1n) is 4.89. The molecule has 0 unspecified atom stereocenters. The molecule has 3 heteroatoms. The van der Waals surface area contributed by atoms with Crippen LogP contribution in [0.2, 0.25) is 5.02 Å². The average molecular weight is 224 g/mol. The third kappa shape index (κ3) is 2.60. The molecule has 2 rings (SSSR count). The molecule has 2 aromatic rings. The SMILES string of the molecule is CC.COc1ccnc2cc(Cl)ccc12. The van der Waals surface area contributed by atoms with Crippen molar-refractivity contribution in [1.29, 1.82) is 0 Å². The van der Waals surface area contributed by atoms with Crippen molar-refractivity contribution in [2.75, 3.05) is 7.11 Å². The van der Waals surface area contributed by atoms with Crippen LogP contribution in [0.25, 0.3) is 10.9 Å². The zero-order chi connectivity index (χ0) is 11.3. The van der Waals surface area contributed by atoms with Gasteiger partial charge in [0.25, 0.3) is 0 Å². The van der Waals surface area contributed by atoms with E-state index in [0.29, 0.717) is 5.02 Å². The van der Waals surface area contributed by atoms with Gasteiger partial charge < -0.3 is 4.74 Å². The minimum absolute atomic E-state index is 0.688. The summed E-state index contributed by atoms with van der Waals surface area (Å²) >= 11 is 5.83. The van der Waals surface area contributed by atoms with Gasteiger partial charge in [0.2, 0.25) is 0 Å². The van der Waals surface area contributed by atoms with Crippen molar-refractivity contribution >= 4 is 22.5 Å². The van der Waals surface area contributed by atoms with E-state index in [1.165, 1.54) is 0 Å². The van der Waals surface area contributed by atoms with Crippen LogP contribution in [0.4, 0.5) is 0 Å². The van der Waals surface area contributed by atoms with Gasteiger partial charge in [-0.1, -0.05) is 25.4 Å². The average Bonchev–Trinajstić information content (AvgIpc) is 2.30. The van der Waals surface area contributed by atoms with Gasteiger partial charge in [0.1, 0.15) is 5.75 Å². The number of hydrogen-bond donors (Lipinski definition) is 0. The molecule has 0 aliphatic heterocycles. The highest BCUT2D eigenvalue weighted by atomic mass is 35.5. The summed E-state index contributed by atoms with van der Waals surface area (Å²) in [7, 11) is 1.64. The minimum Gasteiger partial charge on any atom is -0.496 e. The van der Waals surface area contributed by atoms with E-state index in [1.807, 2.05) is 38.1 Å². The number of hydrogen-bond acceptors (Lipinski definition) is 2. The molecule has 1 aromatic carbocycles. The Morgan fingerprint density at radius 3 is 2.60 bits per heavy atom. The normalized spacial score (nSPS) is 9.33. The zero-order valence-corrected chi connectivity index (χ0v) is 9.88. The van der Waals surface area contributed by atoms with Crippen molar-refractivity contribution in [2.45, 2.75) is 13.8 Å². The van der Waals surface area contributed by atoms with Gasteiger partial charge in [-0.3, -0.25) is 4.98 Å². The van der Waals surface area contributed by atoms with E-state index < -0.39 is 0 Å². The maximum atomic E-state index is 5.83. The molecule has 0 amide bonds. The molecular weight excluding hydrogens is 210 g/mol. The molecule has 0 saturated heterocycles. The highest BCUT2D eigenvalue weighted by Gasteiger charge is 2.01. The van der Waals surface area contributed by atoms with Gasteiger partial charge in [-0.15, -0.1) is 0 Å². The number of halogens is 1. The number of aromatic nitrogens is 1. The second-order valence-electron chi connectivity index (χ2n) is 2.67. The van der Waals surface area contributed by atoms with Crippen molar-refractivity contribution < 1.29 is 4.74 Å². The van der Waals surface area contributed by atoms with Crippen molar-refractivity contribution in [1.82, 2.24) is 4.98 Å². The summed E-state index contributed by atoms with van der Waals surface area (Å²) in [4.78, 5) is 4.19. The van der Waals surface area contributed by atoms with Crippen LogP contribution in [-0.2, 0) is 0 Å². The largest absolute Gasteiger partial charge is 0.496 e. The Bertz CT molecular complexity index is 443. The predicted octanol–water partition coefficient (Wildman–Crippen LogP) is 3.92. The first kappa shape index (κ1) is 11.8. The second-order valence-corrected chi connectivity index (χ2v) is 3.11. The maximum absolute atomic E-state index is 5.83. The van der Waals surface area contributed by atoms with Gasteiger partial charge in [-0.05, 0) is 24.3 Å². The van der Waals surface area contributed by atoms with E-state index in [-0.39, 0.29) is 0 Å². The maximum Gasteiger partial charge on any atom is 0.129 e. The Kier molecular flexibility index (Phi) is 4.37. The smallest absolute Gasteiger partial charge is 0.129 e. The van der Waals surface area contributed by atoms with Gasteiger partial charge in [-0.25, -0.2) is 0 Å². The number of fused-ring (bicyclic) bond motifs is 1. The number of nitrogens with zero attached hydrogens (tertiary/aromatic N) is 1. The van der Waals surface area contributed by atoms with E-state index in [4.69, 9.17) is 16.3 Å². The number of benzene rings is 1. The van der Waals surface area contributed by atoms with Gasteiger partial charge in [0.15, 0.2) is 0 Å². The summed E-state index contributed by atoms with van der Waals surface area (Å²) in [5.41, 5.74) is 0.854. The van der Waals surface area contributed by atoms with E-state index in [1.54, 1.807) is 13.3 Å². The van der Waals surface area contributed by atoms with Crippen LogP contribution < -0.4 is 4.74 Å². The second kappa shape index (κ2) is 5.56. The summed E-state index contributed by atoms with van der Waals surface area (Å²) in [6, 6.07) is 7.38. The van der Waals surface area contributed by atoms with Crippen molar-refractivity contribution in [3.8, 4) is 5.75 Å². The zero-order valence-electron chi connectivity index (χ0n) is 9.12. The predicted molar refractivity (Wildman–Crippen MR) is 64.7 cm³/mol. The Balaban J connectivity index is 0.000000531. The topological polar surface area (TPSA) is 22.1 Å². The molecule has 0 fully saturated rings. The number of rotatable bonds is 1. The van der Waals surface area contributed by atoms with E-state index in [0.717, 1.165) is 16.7 Å². The molecule has 0 atom stereocenters. The molecule has 0 bridgehead atoms. The van der Waals surface area contributed by atoms with Crippen molar-refractivity contribution in [3.05, 3.63) is 35.5 Å². The molecule has 1 heterocycles. The summed E-state index contributed by atoms with van der Waals surface area (Å²) in [5.74, 6) is 0.821. The summed E-state index contributed by atoms with van der Waals surface area (Å²) < 4.78 is 5.18. The lowest BCUT2D eigenvalue weighted by molar-refractivity contribution is 0.419. The monoisotopic (exact) mass is 223 g/mol. The Hall–Kier alpha value is -1.28. The fourth-order valence-corrected chi connectivity index (χ4v) is 1.44. The first-order chi connectivity index (χ1) is 7.31. The highest BCUT2D eigenvalue weighted by molar-refractivity contribution is 6.31. The van der Waals surface area contributed by atoms with Gasteiger partial charge in [0.05, 0.1) is 12.6 Å². The van der Waals surface area contributed by atoms with Crippen LogP contribution in [0, 0.1) is 0 Å². The van der Waals surface area contributed by atoms with Crippen molar-refractivity contribution in [3.63, 3.8) is 0 Å². The van der Waals surface area contributed by atoms with Gasteiger partial charge in [0, 0.05) is 16.6 Å². The molecule has 0 spiro atoms. The lowest BCUT2D eigenvalue weighted by Gasteiger charge is -2.03. The van der Waals surface area contributed by atoms with Crippen LogP contribution >= 0.6 is 11.6 Å². The van der Waals surface area contributed by atoms with Crippen molar-refractivity contribution in [2.24, 2.45) is 0 Å². The van der Waals surface area contributed by atoms with Crippen LogP contribution in [0.3, 0.4) is 0 Å². The minimum atomic E-state index is 0.688. The standard InChI is InChI=1S/C10H8ClNO.C2H6/c1-13-10-4-5-12-9-6-7(11)2-3-8(9)10;1-2/h2-6H,1H3;1-2H3. The first-order valence-corrected chi connectivity index (χ1v) is 5.27. The third-order valence-electron chi connectivity index (χ3n) is 1.88. The van der Waals surface area contributed by atoms with Crippen LogP contribution in [0.1, 0.15) is 13.8 Å². The van der Waals surface area contributed by atoms with Crippen LogP contribution in [-0.4, -0.2) is 12.1 Å². The van der Waals surface area contributed by atoms with Crippen LogP contribution in [0.15, 0.2) is 30.5 Å². The molecule has 0 saturated carbocycles. The Morgan fingerprint density at radius 1 is 1.20 bits per heavy atom. The summed E-state index contributed by atoms with van der Waals surface area (Å²) in [6.45, 7) is 4.00. The molecule has 80 valence electrons. The molecule has 15 heavy (non-hydrogen) atoms. The lowest BCUT2D eigenvalue weighted by Crippen LogP contribution is -1.86. The summed E-state index contributed by atoms with van der Waals surface area (Å²) in [5, 5.41) is 1.67. The summed E-state index contributed by atoms with van der Waals surface area (Å²) in [6.07, 6.45) is 1.71. The lowest BCUT2D eigenvalue weighted by atomic mass is 10.2. The molecule has 0 aliphatic carbocycles. The number of pyridine rings is 1. The fourth-order valence-electron chi connectivity index (χ4n) is 1.27. The molecule has 0 aliphatic rings. The van der Waals surface area contributed by atoms with Crippen LogP contribution in [0.5, 0.6) is 5.75 Å². The Labute approximate surface area is 94.9 Å². The Morgan fingerprint density at radius 2 is 1.93 bits per heavy atom. The van der Waals surface area contributed by atoms with E-state index >= 15 is 0 Å². The highest BCUT2D eigenvalue weighted by Crippen LogP contribution is 2.25.